The van der Waals surface area contributed by atoms with E-state index in [1.54, 1.807) is 41.3 Å². The van der Waals surface area contributed by atoms with Gasteiger partial charge in [-0.15, -0.1) is 0 Å². The molecular formula is C32H33F2N5O2. The van der Waals surface area contributed by atoms with E-state index in [9.17, 15) is 14.0 Å². The van der Waals surface area contributed by atoms with E-state index in [0.717, 1.165) is 11.1 Å². The van der Waals surface area contributed by atoms with E-state index in [4.69, 9.17) is 5.26 Å². The molecule has 212 valence electrons. The third-order valence-electron chi connectivity index (χ3n) is 7.97. The molecule has 1 amide bonds. The average Bonchev–Trinajstić information content (AvgIpc) is 3.00. The molecule has 2 saturated heterocycles. The molecule has 41 heavy (non-hydrogen) atoms. The molecule has 0 unspecified atom stereocenters. The lowest BCUT2D eigenvalue weighted by molar-refractivity contribution is 0.0626. The minimum atomic E-state index is -1.12. The van der Waals surface area contributed by atoms with Crippen molar-refractivity contribution in [3.63, 3.8) is 0 Å². The molecule has 0 spiro atoms. The average molecular weight is 558 g/mol. The predicted molar refractivity (Wildman–Crippen MR) is 150 cm³/mol. The zero-order chi connectivity index (χ0) is 28.8. The fourth-order valence-electron chi connectivity index (χ4n) is 5.50. The van der Waals surface area contributed by atoms with Crippen LogP contribution in [0.2, 0.25) is 0 Å². The molecule has 2 atom stereocenters. The van der Waals surface area contributed by atoms with Crippen LogP contribution in [-0.2, 0) is 13.1 Å². The quantitative estimate of drug-likeness (QED) is 0.380. The molecule has 0 saturated carbocycles. The molecule has 3 aromatic rings. The SMILES string of the molecule is N#Cc1ccc(CN2CC[C@@H](CC(=O)c3ccc(C(=O)N4CCN(Cc5ccc(F)cc5)CC4)cn3)[C@@H](F)C2)cc1. The number of carbonyl (C=O) groups excluding carboxylic acids is 2. The molecule has 7 nitrogen and oxygen atoms in total. The topological polar surface area (TPSA) is 80.5 Å². The minimum Gasteiger partial charge on any atom is -0.336 e. The third kappa shape index (κ3) is 7.40. The van der Waals surface area contributed by atoms with E-state index < -0.39 is 6.17 Å². The maximum absolute atomic E-state index is 15.0. The second-order valence-corrected chi connectivity index (χ2v) is 10.9. The maximum atomic E-state index is 15.0. The summed E-state index contributed by atoms with van der Waals surface area (Å²) >= 11 is 0. The highest BCUT2D eigenvalue weighted by atomic mass is 19.1. The van der Waals surface area contributed by atoms with Gasteiger partial charge < -0.3 is 4.90 Å². The Hall–Kier alpha value is -4.00. The summed E-state index contributed by atoms with van der Waals surface area (Å²) in [6, 6.07) is 19.0. The van der Waals surface area contributed by atoms with Crippen molar-refractivity contribution in [2.24, 2.45) is 5.92 Å². The molecule has 2 fully saturated rings. The number of nitrogens with zero attached hydrogens (tertiary/aromatic N) is 5. The number of hydrogen-bond acceptors (Lipinski definition) is 6. The Labute approximate surface area is 239 Å². The van der Waals surface area contributed by atoms with Gasteiger partial charge in [0.15, 0.2) is 5.78 Å². The van der Waals surface area contributed by atoms with Gasteiger partial charge in [0, 0.05) is 58.4 Å². The van der Waals surface area contributed by atoms with Gasteiger partial charge in [0.2, 0.25) is 0 Å². The van der Waals surface area contributed by atoms with Crippen LogP contribution in [0.4, 0.5) is 8.78 Å². The second-order valence-electron chi connectivity index (χ2n) is 10.9. The zero-order valence-corrected chi connectivity index (χ0v) is 22.9. The van der Waals surface area contributed by atoms with Crippen molar-refractivity contribution >= 4 is 11.7 Å². The van der Waals surface area contributed by atoms with Crippen LogP contribution in [0, 0.1) is 23.1 Å². The number of alkyl halides is 1. The molecule has 3 heterocycles. The first-order valence-corrected chi connectivity index (χ1v) is 14.0. The van der Waals surface area contributed by atoms with Crippen LogP contribution >= 0.6 is 0 Å². The summed E-state index contributed by atoms with van der Waals surface area (Å²) in [6.07, 6.45) is 0.983. The predicted octanol–water partition coefficient (Wildman–Crippen LogP) is 4.48. The molecule has 0 aliphatic carbocycles. The molecule has 2 aliphatic heterocycles. The molecule has 9 heteroatoms. The number of hydrogen-bond donors (Lipinski definition) is 0. The second kappa shape index (κ2) is 13.1. The Balaban J connectivity index is 1.07. The standard InChI is InChI=1S/C32H33F2N5O2/c33-28-8-5-25(6-9-28)20-37-13-15-39(16-14-37)32(41)27-7-10-30(36-19-27)31(40)17-26-11-12-38(22-29(26)34)21-24-3-1-23(18-35)2-4-24/h1-10,19,26,29H,11-17,20-22H2/t26-,29-/m0/s1. The minimum absolute atomic E-state index is 0.0855. The van der Waals surface area contributed by atoms with Crippen LogP contribution in [0.5, 0.6) is 0 Å². The van der Waals surface area contributed by atoms with Crippen molar-refractivity contribution in [2.45, 2.75) is 32.1 Å². The molecule has 5 rings (SSSR count). The number of Topliss-reactive ketones (excluding diaryl/α,β-unsaturated/α-hetero) is 1. The number of benzene rings is 2. The number of halogens is 2. The lowest BCUT2D eigenvalue weighted by Crippen LogP contribution is -2.48. The van der Waals surface area contributed by atoms with Gasteiger partial charge in [-0.1, -0.05) is 24.3 Å². The van der Waals surface area contributed by atoms with E-state index in [0.29, 0.717) is 63.4 Å². The highest BCUT2D eigenvalue weighted by Gasteiger charge is 2.31. The largest absolute Gasteiger partial charge is 0.336 e. The molecule has 1 aromatic heterocycles. The van der Waals surface area contributed by atoms with Crippen molar-refractivity contribution in [3.8, 4) is 6.07 Å². The van der Waals surface area contributed by atoms with Gasteiger partial charge >= 0.3 is 0 Å². The smallest absolute Gasteiger partial charge is 0.255 e. The Morgan fingerprint density at radius 1 is 0.878 bits per heavy atom. The fourth-order valence-corrected chi connectivity index (χ4v) is 5.50. The van der Waals surface area contributed by atoms with Crippen LogP contribution in [-0.4, -0.2) is 76.8 Å². The first kappa shape index (κ1) is 28.5. The summed E-state index contributed by atoms with van der Waals surface area (Å²) in [5.41, 5.74) is 3.32. The number of pyridine rings is 1. The lowest BCUT2D eigenvalue weighted by atomic mass is 9.89. The van der Waals surface area contributed by atoms with Crippen molar-refractivity contribution in [1.82, 2.24) is 19.7 Å². The number of aromatic nitrogens is 1. The summed E-state index contributed by atoms with van der Waals surface area (Å²) < 4.78 is 28.2. The van der Waals surface area contributed by atoms with E-state index in [-0.39, 0.29) is 42.1 Å². The monoisotopic (exact) mass is 557 g/mol. The number of ketones is 1. The number of carbonyl (C=O) groups is 2. The third-order valence-corrected chi connectivity index (χ3v) is 7.97. The number of nitriles is 1. The highest BCUT2D eigenvalue weighted by Crippen LogP contribution is 2.26. The summed E-state index contributed by atoms with van der Waals surface area (Å²) in [5, 5.41) is 8.94. The molecule has 0 bridgehead atoms. The Kier molecular flexibility index (Phi) is 9.12. The molecule has 2 aliphatic rings. The molecular weight excluding hydrogens is 524 g/mol. The van der Waals surface area contributed by atoms with Gasteiger partial charge in [0.25, 0.3) is 5.91 Å². The van der Waals surface area contributed by atoms with Crippen LogP contribution in [0.1, 0.15) is 50.4 Å². The number of piperidine rings is 1. The van der Waals surface area contributed by atoms with Crippen molar-refractivity contribution in [3.05, 3.63) is 101 Å². The Bertz CT molecular complexity index is 1380. The molecule has 0 radical (unpaired) electrons. The van der Waals surface area contributed by atoms with E-state index in [1.165, 1.54) is 18.3 Å². The highest BCUT2D eigenvalue weighted by molar-refractivity contribution is 5.97. The maximum Gasteiger partial charge on any atom is 0.255 e. The van der Waals surface area contributed by atoms with Crippen LogP contribution in [0.15, 0.2) is 66.9 Å². The van der Waals surface area contributed by atoms with Gasteiger partial charge in [-0.2, -0.15) is 5.26 Å². The van der Waals surface area contributed by atoms with Crippen LogP contribution in [0.25, 0.3) is 0 Å². The van der Waals surface area contributed by atoms with Gasteiger partial charge in [0.1, 0.15) is 17.7 Å². The van der Waals surface area contributed by atoms with Gasteiger partial charge in [0.05, 0.1) is 17.2 Å². The number of amides is 1. The van der Waals surface area contributed by atoms with Gasteiger partial charge in [-0.3, -0.25) is 24.4 Å². The zero-order valence-electron chi connectivity index (χ0n) is 22.9. The van der Waals surface area contributed by atoms with E-state index in [1.807, 2.05) is 17.0 Å². The van der Waals surface area contributed by atoms with Crippen LogP contribution < -0.4 is 0 Å². The van der Waals surface area contributed by atoms with Gasteiger partial charge in [-0.05, 0) is 66.4 Å². The first-order valence-electron chi connectivity index (χ1n) is 14.0. The van der Waals surface area contributed by atoms with E-state index in [2.05, 4.69) is 16.0 Å². The van der Waals surface area contributed by atoms with Crippen molar-refractivity contribution in [2.75, 3.05) is 39.3 Å². The molecule has 2 aromatic carbocycles. The molecule has 0 N–H and O–H groups in total. The van der Waals surface area contributed by atoms with E-state index >= 15 is 4.39 Å². The van der Waals surface area contributed by atoms with Gasteiger partial charge in [-0.25, -0.2) is 8.78 Å². The summed E-state index contributed by atoms with van der Waals surface area (Å²) in [6.45, 7) is 4.83. The number of piperazine rings is 1. The van der Waals surface area contributed by atoms with Crippen LogP contribution in [0.3, 0.4) is 0 Å². The normalized spacial score (nSPS) is 20.0. The number of rotatable bonds is 8. The van der Waals surface area contributed by atoms with Crippen molar-refractivity contribution in [1.29, 1.82) is 5.26 Å². The fraction of sp³-hybridized carbons (Fsp3) is 0.375. The number of likely N-dealkylation sites (tertiary alicyclic amines) is 1. The Morgan fingerprint density at radius 2 is 1.54 bits per heavy atom. The summed E-state index contributed by atoms with van der Waals surface area (Å²) in [5.74, 6) is -0.966. The summed E-state index contributed by atoms with van der Waals surface area (Å²) in [4.78, 5) is 36.2. The van der Waals surface area contributed by atoms with Crippen molar-refractivity contribution < 1.29 is 18.4 Å². The Morgan fingerprint density at radius 3 is 2.15 bits per heavy atom. The summed E-state index contributed by atoms with van der Waals surface area (Å²) in [7, 11) is 0. The first-order chi connectivity index (χ1) is 19.9. The lowest BCUT2D eigenvalue weighted by Gasteiger charge is -2.34.